The number of hydrogen-bond donors (Lipinski definition) is 2. The van der Waals surface area contributed by atoms with Gasteiger partial charge in [0.1, 0.15) is 30.5 Å². The molecule has 2 aliphatic carbocycles. The van der Waals surface area contributed by atoms with Crippen LogP contribution in [0.15, 0.2) is 11.6 Å². The van der Waals surface area contributed by atoms with Gasteiger partial charge in [-0.15, -0.1) is 0 Å². The van der Waals surface area contributed by atoms with E-state index in [1.807, 2.05) is 0 Å². The summed E-state index contributed by atoms with van der Waals surface area (Å²) in [6.45, 7) is 9.57. The SMILES string of the molecule is CC(=O)OC/C1=C/[C@@H]2OC(=O)[C@H](C)[C@@]2(O)[C@H](O)[C@H]2[C@@H](C)[C@@H](OC(C)=O)C[C@H](OC(C)=O)[C@]2(C)[C@H](OC(C)=O)CC1. The second-order valence-corrected chi connectivity index (χ2v) is 11.4. The fourth-order valence-corrected chi connectivity index (χ4v) is 6.75. The molecule has 12 nitrogen and oxygen atoms in total. The monoisotopic (exact) mass is 568 g/mol. The van der Waals surface area contributed by atoms with E-state index in [2.05, 4.69) is 0 Å². The fraction of sp³-hybridized carbons (Fsp3) is 0.750. The van der Waals surface area contributed by atoms with E-state index in [4.69, 9.17) is 23.7 Å². The minimum atomic E-state index is -2.18. The van der Waals surface area contributed by atoms with Crippen molar-refractivity contribution in [1.82, 2.24) is 0 Å². The Morgan fingerprint density at radius 2 is 1.55 bits per heavy atom. The van der Waals surface area contributed by atoms with Crippen LogP contribution in [0, 0.1) is 23.2 Å². The van der Waals surface area contributed by atoms with Crippen LogP contribution in [-0.4, -0.2) is 82.8 Å². The molecule has 2 N–H and O–H groups in total. The van der Waals surface area contributed by atoms with E-state index in [-0.39, 0.29) is 25.9 Å². The molecule has 12 heteroatoms. The Hall–Kier alpha value is -2.99. The lowest BCUT2D eigenvalue weighted by molar-refractivity contribution is -0.246. The number of aliphatic hydroxyl groups excluding tert-OH is 1. The first-order valence-electron chi connectivity index (χ1n) is 13.5. The van der Waals surface area contributed by atoms with Crippen molar-refractivity contribution < 1.29 is 57.9 Å². The van der Waals surface area contributed by atoms with Crippen LogP contribution in [0.4, 0.5) is 0 Å². The first-order valence-corrected chi connectivity index (χ1v) is 13.5. The van der Waals surface area contributed by atoms with Gasteiger partial charge in [0.05, 0.1) is 12.0 Å². The molecule has 1 saturated carbocycles. The predicted molar refractivity (Wildman–Crippen MR) is 136 cm³/mol. The van der Waals surface area contributed by atoms with Crippen LogP contribution in [0.2, 0.25) is 0 Å². The quantitative estimate of drug-likeness (QED) is 0.278. The number of carbonyl (C=O) groups excluding carboxylic acids is 5. The zero-order valence-corrected chi connectivity index (χ0v) is 24.0. The average molecular weight is 569 g/mol. The van der Waals surface area contributed by atoms with E-state index >= 15 is 0 Å². The van der Waals surface area contributed by atoms with E-state index < -0.39 is 89.1 Å². The van der Waals surface area contributed by atoms with Crippen LogP contribution in [0.25, 0.3) is 0 Å². The molecule has 40 heavy (non-hydrogen) atoms. The molecule has 10 atom stereocenters. The van der Waals surface area contributed by atoms with E-state index in [0.29, 0.717) is 5.57 Å². The molecule has 0 unspecified atom stereocenters. The zero-order valence-electron chi connectivity index (χ0n) is 24.0. The molecule has 0 aromatic rings. The van der Waals surface area contributed by atoms with E-state index in [9.17, 15) is 34.2 Å². The lowest BCUT2D eigenvalue weighted by Crippen LogP contribution is -2.68. The van der Waals surface area contributed by atoms with Crippen molar-refractivity contribution in [1.29, 1.82) is 0 Å². The van der Waals surface area contributed by atoms with Crippen molar-refractivity contribution >= 4 is 29.8 Å². The second-order valence-electron chi connectivity index (χ2n) is 11.4. The largest absolute Gasteiger partial charge is 0.462 e. The smallest absolute Gasteiger partial charge is 0.312 e. The first-order chi connectivity index (χ1) is 18.5. The minimum Gasteiger partial charge on any atom is -0.462 e. The molecular formula is C28H40O12. The summed E-state index contributed by atoms with van der Waals surface area (Å²) in [4.78, 5) is 61.0. The van der Waals surface area contributed by atoms with Crippen LogP contribution in [0.5, 0.6) is 0 Å². The maximum Gasteiger partial charge on any atom is 0.312 e. The normalized spacial score (nSPS) is 40.7. The molecule has 3 rings (SSSR count). The highest BCUT2D eigenvalue weighted by Gasteiger charge is 2.67. The molecule has 0 aromatic carbocycles. The molecule has 0 spiro atoms. The Morgan fingerprint density at radius 3 is 2.10 bits per heavy atom. The Kier molecular flexibility index (Phi) is 9.35. The molecule has 1 heterocycles. The van der Waals surface area contributed by atoms with Crippen LogP contribution in [0.3, 0.4) is 0 Å². The molecule has 2 fully saturated rings. The molecule has 1 saturated heterocycles. The summed E-state index contributed by atoms with van der Waals surface area (Å²) in [5.41, 5.74) is -3.05. The summed E-state index contributed by atoms with van der Waals surface area (Å²) in [6, 6.07) is 0. The third kappa shape index (κ3) is 5.88. The molecule has 3 aliphatic rings. The number of aliphatic hydroxyl groups is 2. The van der Waals surface area contributed by atoms with Crippen LogP contribution < -0.4 is 0 Å². The molecule has 0 bridgehead atoms. The third-order valence-electron chi connectivity index (χ3n) is 8.77. The van der Waals surface area contributed by atoms with Crippen molar-refractivity contribution in [2.75, 3.05) is 6.61 Å². The van der Waals surface area contributed by atoms with Gasteiger partial charge in [0.25, 0.3) is 0 Å². The lowest BCUT2D eigenvalue weighted by atomic mass is 9.52. The van der Waals surface area contributed by atoms with Gasteiger partial charge in [0.15, 0.2) is 6.10 Å². The van der Waals surface area contributed by atoms with Gasteiger partial charge in [0.2, 0.25) is 0 Å². The van der Waals surface area contributed by atoms with Gasteiger partial charge >= 0.3 is 29.8 Å². The van der Waals surface area contributed by atoms with Crippen LogP contribution in [0.1, 0.15) is 67.7 Å². The van der Waals surface area contributed by atoms with Crippen molar-refractivity contribution in [3.05, 3.63) is 11.6 Å². The summed E-state index contributed by atoms with van der Waals surface area (Å²) in [5, 5.41) is 24.3. The number of ether oxygens (including phenoxy) is 5. The average Bonchev–Trinajstić information content (AvgIpc) is 3.05. The molecule has 1 aliphatic heterocycles. The Morgan fingerprint density at radius 1 is 0.975 bits per heavy atom. The summed E-state index contributed by atoms with van der Waals surface area (Å²) in [5.74, 6) is -6.02. The number of hydrogen-bond acceptors (Lipinski definition) is 12. The summed E-state index contributed by atoms with van der Waals surface area (Å²) in [6.07, 6.45) is -3.99. The lowest BCUT2D eigenvalue weighted by Gasteiger charge is -2.57. The maximum atomic E-state index is 12.8. The van der Waals surface area contributed by atoms with E-state index in [1.165, 1.54) is 40.7 Å². The number of carbonyl (C=O) groups is 5. The maximum absolute atomic E-state index is 12.8. The third-order valence-corrected chi connectivity index (χ3v) is 8.77. The Bertz CT molecular complexity index is 1070. The van der Waals surface area contributed by atoms with Crippen molar-refractivity contribution in [2.24, 2.45) is 23.2 Å². The molecule has 0 amide bonds. The number of rotatable bonds is 5. The molecular weight excluding hydrogens is 528 g/mol. The highest BCUT2D eigenvalue weighted by molar-refractivity contribution is 5.77. The van der Waals surface area contributed by atoms with Gasteiger partial charge < -0.3 is 33.9 Å². The minimum absolute atomic E-state index is 0.0425. The zero-order chi connectivity index (χ0) is 30.2. The van der Waals surface area contributed by atoms with Gasteiger partial charge in [-0.1, -0.05) is 13.8 Å². The number of fused-ring (bicyclic) bond motifs is 2. The van der Waals surface area contributed by atoms with Crippen molar-refractivity contribution in [3.8, 4) is 0 Å². The fourth-order valence-electron chi connectivity index (χ4n) is 6.75. The van der Waals surface area contributed by atoms with E-state index in [1.54, 1.807) is 13.8 Å². The second kappa shape index (κ2) is 11.9. The molecule has 224 valence electrons. The van der Waals surface area contributed by atoms with Gasteiger partial charge in [0, 0.05) is 45.4 Å². The topological polar surface area (TPSA) is 172 Å². The molecule has 0 radical (unpaired) electrons. The highest BCUT2D eigenvalue weighted by Crippen LogP contribution is 2.56. The van der Waals surface area contributed by atoms with Crippen molar-refractivity contribution in [3.63, 3.8) is 0 Å². The highest BCUT2D eigenvalue weighted by atomic mass is 16.6. The van der Waals surface area contributed by atoms with Gasteiger partial charge in [-0.3, -0.25) is 24.0 Å². The summed E-state index contributed by atoms with van der Waals surface area (Å²) in [7, 11) is 0. The predicted octanol–water partition coefficient (Wildman–Crippen LogP) is 1.38. The Labute approximate surface area is 233 Å². The van der Waals surface area contributed by atoms with Crippen LogP contribution >= 0.6 is 0 Å². The van der Waals surface area contributed by atoms with E-state index in [0.717, 1.165) is 0 Å². The van der Waals surface area contributed by atoms with Crippen molar-refractivity contribution in [2.45, 2.75) is 104 Å². The Balaban J connectivity index is 2.29. The van der Waals surface area contributed by atoms with Gasteiger partial charge in [-0.2, -0.15) is 0 Å². The standard InChI is InChI=1S/C28H40O12/c1-13-20(37-16(4)30)11-22(39-18(6)32)27(7)21(38-17(5)31)9-8-19(12-36-15(3)29)10-23-28(35,25(33)24(13)27)14(2)26(34)40-23/h10,13-14,20-25,33,35H,8-9,11-12H2,1-7H3/b19-10+/t13-,14-,20-,21+,22-,23-,24+,25+,27-,28-/m0/s1. The number of esters is 5. The van der Waals surface area contributed by atoms with Gasteiger partial charge in [-0.25, -0.2) is 0 Å². The van der Waals surface area contributed by atoms with Crippen LogP contribution in [-0.2, 0) is 47.7 Å². The van der Waals surface area contributed by atoms with Gasteiger partial charge in [-0.05, 0) is 37.3 Å². The molecule has 0 aromatic heterocycles. The summed E-state index contributed by atoms with van der Waals surface area (Å²) >= 11 is 0. The summed E-state index contributed by atoms with van der Waals surface area (Å²) < 4.78 is 27.9. The first kappa shape index (κ1) is 31.5.